The van der Waals surface area contributed by atoms with E-state index in [0.717, 1.165) is 102 Å². The van der Waals surface area contributed by atoms with Crippen LogP contribution in [0.1, 0.15) is 381 Å². The molecule has 0 radical (unpaired) electrons. The van der Waals surface area contributed by atoms with Gasteiger partial charge in [0.25, 0.3) is 0 Å². The van der Waals surface area contributed by atoms with Crippen molar-refractivity contribution in [1.82, 2.24) is 0 Å². The van der Waals surface area contributed by atoms with Gasteiger partial charge in [0, 0.05) is 25.7 Å². The molecule has 0 rings (SSSR count). The molecule has 19 heteroatoms. The van der Waals surface area contributed by atoms with Crippen molar-refractivity contribution in [2.45, 2.75) is 400 Å². The van der Waals surface area contributed by atoms with Crippen LogP contribution in [-0.2, 0) is 65.4 Å². The van der Waals surface area contributed by atoms with Crippen LogP contribution in [0, 0.1) is 5.92 Å². The fourth-order valence-electron chi connectivity index (χ4n) is 11.1. The van der Waals surface area contributed by atoms with Crippen molar-refractivity contribution in [2.75, 3.05) is 39.6 Å². The van der Waals surface area contributed by atoms with E-state index in [1.165, 1.54) is 199 Å². The summed E-state index contributed by atoms with van der Waals surface area (Å²) in [5.41, 5.74) is 0. The molecule has 0 saturated carbocycles. The second-order valence-corrected chi connectivity index (χ2v) is 29.5. The monoisotopic (exact) mass is 1350 g/mol. The molecule has 0 heterocycles. The van der Waals surface area contributed by atoms with E-state index in [2.05, 4.69) is 34.6 Å². The highest BCUT2D eigenvalue weighted by Crippen LogP contribution is 2.45. The zero-order valence-corrected chi connectivity index (χ0v) is 61.5. The molecule has 0 bridgehead atoms. The van der Waals surface area contributed by atoms with E-state index in [-0.39, 0.29) is 25.7 Å². The maximum atomic E-state index is 13.1. The van der Waals surface area contributed by atoms with Gasteiger partial charge in [-0.1, -0.05) is 330 Å². The van der Waals surface area contributed by atoms with Crippen molar-refractivity contribution in [3.63, 3.8) is 0 Å². The first kappa shape index (κ1) is 90.1. The lowest BCUT2D eigenvalue weighted by atomic mass is 10.00. The van der Waals surface area contributed by atoms with Crippen LogP contribution in [0.15, 0.2) is 0 Å². The number of rotatable bonds is 73. The highest BCUT2D eigenvalue weighted by molar-refractivity contribution is 7.47. The first-order chi connectivity index (χ1) is 44.6. The Kier molecular flexibility index (Phi) is 64.9. The summed E-state index contributed by atoms with van der Waals surface area (Å²) >= 11 is 0. The van der Waals surface area contributed by atoms with E-state index in [4.69, 9.17) is 37.0 Å². The van der Waals surface area contributed by atoms with Crippen LogP contribution in [0.5, 0.6) is 0 Å². The molecule has 6 atom stereocenters. The third-order valence-electron chi connectivity index (χ3n) is 17.4. The minimum absolute atomic E-state index is 0.107. The second kappa shape index (κ2) is 66.3. The minimum Gasteiger partial charge on any atom is -0.462 e. The number of hydrogen-bond donors (Lipinski definition) is 3. The number of carbonyl (C=O) groups is 4. The van der Waals surface area contributed by atoms with Gasteiger partial charge >= 0.3 is 39.5 Å². The summed E-state index contributed by atoms with van der Waals surface area (Å²) in [5, 5.41) is 10.6. The SMILES string of the molecule is CCCCCCCCCCCCCCCCCCC(=O)O[C@H](COC(=O)CCCCCCCCCCCCCCC)COP(=O)(O)OC[C@@H](O)COP(=O)(O)OC[C@@H](COC(=O)CCCCCCCCC(C)CC)OC(=O)CCCCCCCCCCCCCCC. The topological polar surface area (TPSA) is 237 Å². The number of ether oxygens (including phenoxy) is 4. The standard InChI is InChI=1S/C73H142O17P2/c1-6-10-13-16-19-22-25-28-29-30-33-36-39-42-49-54-59-72(77)89-68(62-83-70(75)56-51-46-40-37-34-31-26-23-20-17-14-11-7-2)64-87-91(79,80)85-60-67(74)61-86-92(81,82)88-65-69(63-84-71(76)57-52-47-44-43-45-50-55-66(5)9-4)90-73(78)58-53-48-41-38-35-32-27-24-21-18-15-12-8-3/h66-69,74H,6-65H2,1-5H3,(H,79,80)(H,81,82)/t66?,67-,68-,69-/m1/s1. The van der Waals surface area contributed by atoms with E-state index in [9.17, 15) is 43.2 Å². The Morgan fingerprint density at radius 3 is 0.772 bits per heavy atom. The van der Waals surface area contributed by atoms with E-state index in [0.29, 0.717) is 25.7 Å². The smallest absolute Gasteiger partial charge is 0.462 e. The summed E-state index contributed by atoms with van der Waals surface area (Å²) in [6.07, 6.45) is 54.0. The van der Waals surface area contributed by atoms with Crippen LogP contribution in [0.25, 0.3) is 0 Å². The molecule has 0 aromatic carbocycles. The average molecular weight is 1350 g/mol. The quantitative estimate of drug-likeness (QED) is 0.0222. The van der Waals surface area contributed by atoms with E-state index < -0.39 is 97.5 Å². The van der Waals surface area contributed by atoms with E-state index in [1.54, 1.807) is 0 Å². The van der Waals surface area contributed by atoms with Crippen LogP contribution in [0.2, 0.25) is 0 Å². The molecule has 0 aliphatic carbocycles. The lowest BCUT2D eigenvalue weighted by Crippen LogP contribution is -2.30. The van der Waals surface area contributed by atoms with Crippen LogP contribution >= 0.6 is 15.6 Å². The number of phosphoric ester groups is 2. The molecular weight excluding hydrogens is 1210 g/mol. The third kappa shape index (κ3) is 65.4. The summed E-state index contributed by atoms with van der Waals surface area (Å²) in [4.78, 5) is 72.7. The Balaban J connectivity index is 5.25. The molecule has 92 heavy (non-hydrogen) atoms. The van der Waals surface area contributed by atoms with Crippen LogP contribution in [0.4, 0.5) is 0 Å². The van der Waals surface area contributed by atoms with Crippen LogP contribution in [0.3, 0.4) is 0 Å². The number of hydrogen-bond acceptors (Lipinski definition) is 15. The number of esters is 4. The summed E-state index contributed by atoms with van der Waals surface area (Å²) < 4.78 is 68.4. The molecule has 0 saturated heterocycles. The van der Waals surface area contributed by atoms with Crippen LogP contribution in [-0.4, -0.2) is 96.7 Å². The molecule has 0 amide bonds. The maximum Gasteiger partial charge on any atom is 0.472 e. The first-order valence-corrected chi connectivity index (χ1v) is 41.2. The zero-order chi connectivity index (χ0) is 67.7. The van der Waals surface area contributed by atoms with Gasteiger partial charge in [-0.25, -0.2) is 9.13 Å². The Morgan fingerprint density at radius 1 is 0.304 bits per heavy atom. The van der Waals surface area contributed by atoms with E-state index in [1.807, 2.05) is 0 Å². The lowest BCUT2D eigenvalue weighted by Gasteiger charge is -2.21. The predicted octanol–water partition coefficient (Wildman–Crippen LogP) is 21.3. The van der Waals surface area contributed by atoms with Crippen molar-refractivity contribution >= 4 is 39.5 Å². The highest BCUT2D eigenvalue weighted by Gasteiger charge is 2.30. The summed E-state index contributed by atoms with van der Waals surface area (Å²) in [6, 6.07) is 0. The lowest BCUT2D eigenvalue weighted by molar-refractivity contribution is -0.161. The van der Waals surface area contributed by atoms with Gasteiger partial charge in [-0.05, 0) is 31.6 Å². The highest BCUT2D eigenvalue weighted by atomic mass is 31.2. The largest absolute Gasteiger partial charge is 0.472 e. The molecule has 0 fully saturated rings. The van der Waals surface area contributed by atoms with Gasteiger partial charge in [-0.3, -0.25) is 37.3 Å². The number of aliphatic hydroxyl groups is 1. The van der Waals surface area contributed by atoms with Gasteiger partial charge in [0.1, 0.15) is 19.3 Å². The minimum atomic E-state index is -4.95. The predicted molar refractivity (Wildman–Crippen MR) is 372 cm³/mol. The molecule has 546 valence electrons. The zero-order valence-electron chi connectivity index (χ0n) is 59.7. The Morgan fingerprint density at radius 2 is 0.522 bits per heavy atom. The molecule has 17 nitrogen and oxygen atoms in total. The van der Waals surface area contributed by atoms with Gasteiger partial charge < -0.3 is 33.8 Å². The molecule has 0 aromatic heterocycles. The molecule has 0 aliphatic rings. The third-order valence-corrected chi connectivity index (χ3v) is 19.3. The normalized spacial score (nSPS) is 14.3. The van der Waals surface area contributed by atoms with Gasteiger partial charge in [0.2, 0.25) is 0 Å². The maximum absolute atomic E-state index is 13.1. The molecular formula is C73H142O17P2. The first-order valence-electron chi connectivity index (χ1n) is 38.2. The second-order valence-electron chi connectivity index (χ2n) is 26.6. The van der Waals surface area contributed by atoms with Gasteiger partial charge in [-0.2, -0.15) is 0 Å². The Hall–Kier alpha value is -1.94. The average Bonchev–Trinajstić information content (AvgIpc) is 3.02. The molecule has 0 aliphatic heterocycles. The number of phosphoric acid groups is 2. The van der Waals surface area contributed by atoms with E-state index >= 15 is 0 Å². The number of unbranched alkanes of at least 4 members (excludes halogenated alkanes) is 44. The van der Waals surface area contributed by atoms with Gasteiger partial charge in [0.15, 0.2) is 12.2 Å². The molecule has 3 N–H and O–H groups in total. The number of carbonyl (C=O) groups excluding carboxylic acids is 4. The van der Waals surface area contributed by atoms with Crippen molar-refractivity contribution in [1.29, 1.82) is 0 Å². The van der Waals surface area contributed by atoms with Crippen molar-refractivity contribution < 1.29 is 80.2 Å². The van der Waals surface area contributed by atoms with Crippen molar-refractivity contribution in [3.05, 3.63) is 0 Å². The molecule has 0 spiro atoms. The van der Waals surface area contributed by atoms with Gasteiger partial charge in [0.05, 0.1) is 26.4 Å². The van der Waals surface area contributed by atoms with Crippen molar-refractivity contribution in [2.24, 2.45) is 5.92 Å². The Labute approximate surface area is 562 Å². The van der Waals surface area contributed by atoms with Crippen molar-refractivity contribution in [3.8, 4) is 0 Å². The fraction of sp³-hybridized carbons (Fsp3) is 0.945. The summed E-state index contributed by atoms with van der Waals surface area (Å²) in [7, 11) is -9.90. The Bertz CT molecular complexity index is 1770. The van der Waals surface area contributed by atoms with Gasteiger partial charge in [-0.15, -0.1) is 0 Å². The summed E-state index contributed by atoms with van der Waals surface area (Å²) in [5.74, 6) is -1.38. The fourth-order valence-corrected chi connectivity index (χ4v) is 12.7. The molecule has 0 aromatic rings. The van der Waals surface area contributed by atoms with Crippen LogP contribution < -0.4 is 0 Å². The number of aliphatic hydroxyl groups excluding tert-OH is 1. The summed E-state index contributed by atoms with van der Waals surface area (Å²) in [6.45, 7) is 7.24. The molecule has 3 unspecified atom stereocenters.